The number of carbonyl (C=O) groups excluding carboxylic acids is 3. The first-order valence-corrected chi connectivity index (χ1v) is 21.6. The number of nitrogens with one attached hydrogen (secondary N) is 5. The molecular formula is C48H56FN11O5. The molecule has 6 aromatic rings. The van der Waals surface area contributed by atoms with Gasteiger partial charge in [0.1, 0.15) is 34.7 Å². The lowest BCUT2D eigenvalue weighted by atomic mass is 9.96. The molecule has 0 bridgehead atoms. The summed E-state index contributed by atoms with van der Waals surface area (Å²) in [6.45, 7) is 20.3. The third-order valence-electron chi connectivity index (χ3n) is 10.8. The van der Waals surface area contributed by atoms with E-state index in [9.17, 15) is 29.0 Å². The maximum absolute atomic E-state index is 13.9. The van der Waals surface area contributed by atoms with Gasteiger partial charge in [-0.25, -0.2) is 19.3 Å². The van der Waals surface area contributed by atoms with Crippen molar-refractivity contribution in [1.29, 1.82) is 0 Å². The number of aromatic nitrogens is 5. The summed E-state index contributed by atoms with van der Waals surface area (Å²) in [4.78, 5) is 60.4. The first-order valence-electron chi connectivity index (χ1n) is 21.6. The second kappa shape index (κ2) is 17.7. The molecule has 7 rings (SSSR count). The fourth-order valence-corrected chi connectivity index (χ4v) is 7.46. The van der Waals surface area contributed by atoms with Gasteiger partial charge in [0.15, 0.2) is 11.8 Å². The van der Waals surface area contributed by atoms with E-state index < -0.39 is 29.9 Å². The third-order valence-corrected chi connectivity index (χ3v) is 10.8. The largest absolute Gasteiger partial charge is 0.508 e. The molecule has 3 amide bonds. The number of hydrogen-bond acceptors (Lipinski definition) is 11. The van der Waals surface area contributed by atoms with E-state index in [0.717, 1.165) is 11.4 Å². The highest BCUT2D eigenvalue weighted by Gasteiger charge is 2.37. The average Bonchev–Trinajstić information content (AvgIpc) is 3.97. The number of amides is 3. The Labute approximate surface area is 376 Å². The van der Waals surface area contributed by atoms with Crippen molar-refractivity contribution in [2.24, 2.45) is 10.5 Å². The van der Waals surface area contributed by atoms with E-state index in [1.165, 1.54) is 18.2 Å². The van der Waals surface area contributed by atoms with Crippen LogP contribution in [0.4, 0.5) is 16.0 Å². The number of nitrogens with zero attached hydrogens (tertiary/aromatic N) is 6. The number of fused-ring (bicyclic) bond motifs is 1. The number of aromatic hydroxyl groups is 2. The standard InChI is InChI=1S/C48H56FN11O5/c1-11-50-44(65)41-58-57-39(32-22-31(25(2)3)35(61)23-36(32)62)60(41)30-18-14-28(15-19-30)43(64)51-26(4)42(63)56-46-53-34-21-20-33(52-40(34)59(46)24-47(5,6)7)38-37(27-12-16-29(49)17-13-27)54-45(55-38)48(8,9)10/h12-23,25-26,39,57,61-62H,11,24H2,1-10H3,(H,50,65)(H,51,64)(H,54,55)(H,53,56,63)/t26-,39?/m0/s1. The lowest BCUT2D eigenvalue weighted by Gasteiger charge is -2.28. The number of hydrazone groups is 1. The molecule has 3 aromatic carbocycles. The van der Waals surface area contributed by atoms with Crippen LogP contribution in [0.5, 0.6) is 11.5 Å². The highest BCUT2D eigenvalue weighted by atomic mass is 19.1. The molecule has 0 radical (unpaired) electrons. The number of phenols is 2. The maximum atomic E-state index is 13.9. The van der Waals surface area contributed by atoms with E-state index in [1.54, 1.807) is 61.2 Å². The topological polar surface area (TPSA) is 215 Å². The first kappa shape index (κ1) is 45.7. The van der Waals surface area contributed by atoms with Gasteiger partial charge < -0.3 is 25.8 Å². The van der Waals surface area contributed by atoms with Crippen LogP contribution in [-0.2, 0) is 21.5 Å². The van der Waals surface area contributed by atoms with Gasteiger partial charge >= 0.3 is 0 Å². The molecule has 340 valence electrons. The van der Waals surface area contributed by atoms with Crippen LogP contribution in [0.3, 0.4) is 0 Å². The molecule has 7 N–H and O–H groups in total. The van der Waals surface area contributed by atoms with Gasteiger partial charge in [-0.3, -0.25) is 34.6 Å². The number of amidine groups is 1. The van der Waals surface area contributed by atoms with E-state index in [4.69, 9.17) is 15.0 Å². The molecular weight excluding hydrogens is 830 g/mol. The smallest absolute Gasteiger partial charge is 0.289 e. The van der Waals surface area contributed by atoms with Crippen molar-refractivity contribution in [3.05, 3.63) is 101 Å². The number of likely N-dealkylation sites (N-methyl/N-ethyl adjacent to an activating group) is 1. The Morgan fingerprint density at radius 2 is 1.55 bits per heavy atom. The Morgan fingerprint density at radius 1 is 0.862 bits per heavy atom. The van der Waals surface area contributed by atoms with E-state index in [0.29, 0.717) is 58.1 Å². The number of H-pyrrole nitrogens is 1. The van der Waals surface area contributed by atoms with Crippen molar-refractivity contribution in [3.63, 3.8) is 0 Å². The Bertz CT molecular complexity index is 2800. The Hall–Kier alpha value is -7.30. The Morgan fingerprint density at radius 3 is 2.18 bits per heavy atom. The number of halogens is 1. The van der Waals surface area contributed by atoms with Gasteiger partial charge in [-0.05, 0) is 97.5 Å². The normalized spacial score (nSPS) is 14.6. The zero-order valence-corrected chi connectivity index (χ0v) is 38.3. The summed E-state index contributed by atoms with van der Waals surface area (Å²) in [6.07, 6.45) is -0.830. The number of pyridine rings is 1. The number of aromatic amines is 1. The molecule has 0 spiro atoms. The second-order valence-corrected chi connectivity index (χ2v) is 18.7. The highest BCUT2D eigenvalue weighted by molar-refractivity contribution is 6.43. The van der Waals surface area contributed by atoms with Crippen LogP contribution >= 0.6 is 0 Å². The van der Waals surface area contributed by atoms with Crippen molar-refractivity contribution < 1.29 is 29.0 Å². The lowest BCUT2D eigenvalue weighted by molar-refractivity contribution is -0.117. The lowest BCUT2D eigenvalue weighted by Crippen LogP contribution is -2.43. The number of hydrogen-bond donors (Lipinski definition) is 7. The summed E-state index contributed by atoms with van der Waals surface area (Å²) in [5.41, 5.74) is 7.74. The highest BCUT2D eigenvalue weighted by Crippen LogP contribution is 2.40. The molecule has 1 aliphatic rings. The Balaban J connectivity index is 1.13. The van der Waals surface area contributed by atoms with Crippen molar-refractivity contribution in [3.8, 4) is 34.1 Å². The van der Waals surface area contributed by atoms with Crippen LogP contribution in [-0.4, -0.2) is 70.9 Å². The van der Waals surface area contributed by atoms with E-state index >= 15 is 0 Å². The molecule has 3 aromatic heterocycles. The third kappa shape index (κ3) is 9.63. The van der Waals surface area contributed by atoms with E-state index in [-0.39, 0.29) is 51.4 Å². The molecule has 0 aliphatic carbocycles. The monoisotopic (exact) mass is 885 g/mol. The van der Waals surface area contributed by atoms with Crippen LogP contribution < -0.4 is 26.3 Å². The fourth-order valence-electron chi connectivity index (χ4n) is 7.46. The van der Waals surface area contributed by atoms with Crippen molar-refractivity contribution in [2.45, 2.75) is 99.3 Å². The van der Waals surface area contributed by atoms with E-state index in [1.807, 2.05) is 51.3 Å². The Kier molecular flexibility index (Phi) is 12.4. The molecule has 2 atom stereocenters. The van der Waals surface area contributed by atoms with Gasteiger partial charge in [0.25, 0.3) is 11.8 Å². The van der Waals surface area contributed by atoms with Gasteiger partial charge in [0.2, 0.25) is 17.7 Å². The predicted molar refractivity (Wildman–Crippen MR) is 249 cm³/mol. The number of anilines is 2. The summed E-state index contributed by atoms with van der Waals surface area (Å²) in [7, 11) is 0. The molecule has 65 heavy (non-hydrogen) atoms. The molecule has 17 heteroatoms. The van der Waals surface area contributed by atoms with Gasteiger partial charge in [-0.2, -0.15) is 5.10 Å². The maximum Gasteiger partial charge on any atom is 0.289 e. The number of phenolic OH excluding ortho intramolecular Hbond substituents is 2. The molecule has 0 saturated carbocycles. The molecule has 0 fully saturated rings. The molecule has 1 aliphatic heterocycles. The molecule has 4 heterocycles. The van der Waals surface area contributed by atoms with Gasteiger partial charge in [-0.1, -0.05) is 55.4 Å². The first-order chi connectivity index (χ1) is 30.6. The fraction of sp³-hybridized carbons (Fsp3) is 0.354. The quantitative estimate of drug-likeness (QED) is 0.0633. The molecule has 0 saturated heterocycles. The minimum Gasteiger partial charge on any atom is -0.508 e. The summed E-state index contributed by atoms with van der Waals surface area (Å²) in [5, 5.41) is 34.2. The number of imidazole rings is 2. The van der Waals surface area contributed by atoms with Crippen LogP contribution in [0.2, 0.25) is 0 Å². The number of benzene rings is 3. The summed E-state index contributed by atoms with van der Waals surface area (Å²) in [6, 6.07) is 18.2. The van der Waals surface area contributed by atoms with Crippen LogP contribution in [0.25, 0.3) is 33.8 Å². The van der Waals surface area contributed by atoms with Crippen LogP contribution in [0.1, 0.15) is 109 Å². The average molecular weight is 886 g/mol. The zero-order chi connectivity index (χ0) is 47.1. The van der Waals surface area contributed by atoms with E-state index in [2.05, 4.69) is 52.2 Å². The zero-order valence-electron chi connectivity index (χ0n) is 38.3. The van der Waals surface area contributed by atoms with Crippen molar-refractivity contribution >= 4 is 46.4 Å². The van der Waals surface area contributed by atoms with Crippen LogP contribution in [0.15, 0.2) is 77.9 Å². The summed E-state index contributed by atoms with van der Waals surface area (Å²) < 4.78 is 15.8. The molecule has 1 unspecified atom stereocenters. The number of carbonyl (C=O) groups is 3. The SMILES string of the molecule is CCNC(=O)C1=NNC(c2cc(C(C)C)c(O)cc2O)N1c1ccc(C(=O)N[C@@H](C)C(=O)Nc2nc3ccc(-c4[nH]c(C(C)(C)C)nc4-c4ccc(F)cc4)nc3n2CC(C)(C)C)cc1. The second-order valence-electron chi connectivity index (χ2n) is 18.7. The van der Waals surface area contributed by atoms with Crippen LogP contribution in [0, 0.1) is 11.2 Å². The van der Waals surface area contributed by atoms with Gasteiger partial charge in [0, 0.05) is 46.9 Å². The van der Waals surface area contributed by atoms with Crippen molar-refractivity contribution in [2.75, 3.05) is 16.8 Å². The van der Waals surface area contributed by atoms with Gasteiger partial charge in [-0.15, -0.1) is 0 Å². The predicted octanol–water partition coefficient (Wildman–Crippen LogP) is 7.82. The molecule has 16 nitrogen and oxygen atoms in total. The minimum absolute atomic E-state index is 0.0348. The summed E-state index contributed by atoms with van der Waals surface area (Å²) in [5.74, 6) is -1.12. The van der Waals surface area contributed by atoms with Crippen molar-refractivity contribution in [1.82, 2.24) is 40.6 Å². The summed E-state index contributed by atoms with van der Waals surface area (Å²) >= 11 is 0. The van der Waals surface area contributed by atoms with Gasteiger partial charge in [0.05, 0.1) is 17.1 Å². The number of rotatable bonds is 12. The minimum atomic E-state index is -0.996.